The molecule has 128 valence electrons. The van der Waals surface area contributed by atoms with Crippen molar-refractivity contribution in [2.24, 2.45) is 0 Å². The van der Waals surface area contributed by atoms with Gasteiger partial charge in [-0.05, 0) is 11.6 Å². The summed E-state index contributed by atoms with van der Waals surface area (Å²) in [5, 5.41) is 4.54. The Kier molecular flexibility index (Phi) is 5.22. The number of fused-ring (bicyclic) bond motifs is 1. The maximum Gasteiger partial charge on any atom is 0.274 e. The van der Waals surface area contributed by atoms with E-state index in [0.717, 1.165) is 23.2 Å². The van der Waals surface area contributed by atoms with Crippen molar-refractivity contribution >= 4 is 5.91 Å². The van der Waals surface area contributed by atoms with Crippen molar-refractivity contribution in [3.8, 4) is 0 Å². The van der Waals surface area contributed by atoms with Crippen LogP contribution in [0.4, 0.5) is 0 Å². The van der Waals surface area contributed by atoms with Crippen molar-refractivity contribution in [2.45, 2.75) is 26.1 Å². The highest BCUT2D eigenvalue weighted by Crippen LogP contribution is 2.22. The number of carbonyl (C=O) groups excluding carboxylic acids is 1. The molecule has 0 saturated heterocycles. The fourth-order valence-electron chi connectivity index (χ4n) is 2.86. The van der Waals surface area contributed by atoms with Crippen LogP contribution in [0.1, 0.15) is 27.3 Å². The standard InChI is InChI=1S/C17H22N4O3/c1-20(11-13-4-3-6-18-10-13)17(22)16-14-12-24-8-5-15(14)21(19-16)7-9-23-2/h3-4,6,10H,5,7-9,11-12H2,1-2H3. The van der Waals surface area contributed by atoms with E-state index in [9.17, 15) is 4.79 Å². The van der Waals surface area contributed by atoms with Gasteiger partial charge in [-0.25, -0.2) is 0 Å². The van der Waals surface area contributed by atoms with E-state index >= 15 is 0 Å². The molecule has 0 aromatic carbocycles. The molecule has 1 amide bonds. The molecular formula is C17H22N4O3. The summed E-state index contributed by atoms with van der Waals surface area (Å²) in [4.78, 5) is 18.6. The van der Waals surface area contributed by atoms with Gasteiger partial charge in [-0.1, -0.05) is 6.07 Å². The van der Waals surface area contributed by atoms with Crippen molar-refractivity contribution in [3.05, 3.63) is 47.0 Å². The van der Waals surface area contributed by atoms with Gasteiger partial charge in [0.1, 0.15) is 0 Å². The smallest absolute Gasteiger partial charge is 0.274 e. The maximum atomic E-state index is 12.9. The number of methoxy groups -OCH3 is 1. The Balaban J connectivity index is 1.82. The van der Waals surface area contributed by atoms with E-state index in [0.29, 0.717) is 38.6 Å². The zero-order valence-corrected chi connectivity index (χ0v) is 14.1. The van der Waals surface area contributed by atoms with Crippen LogP contribution in [-0.4, -0.2) is 52.9 Å². The number of ether oxygens (including phenoxy) is 2. The molecule has 3 rings (SSSR count). The summed E-state index contributed by atoms with van der Waals surface area (Å²) in [6.07, 6.45) is 4.25. The van der Waals surface area contributed by atoms with E-state index in [1.54, 1.807) is 31.5 Å². The second-order valence-electron chi connectivity index (χ2n) is 5.81. The van der Waals surface area contributed by atoms with Crippen LogP contribution in [0.25, 0.3) is 0 Å². The predicted octanol–water partition coefficient (Wildman–Crippen LogP) is 1.27. The molecule has 0 bridgehead atoms. The summed E-state index contributed by atoms with van der Waals surface area (Å²) in [6, 6.07) is 3.81. The van der Waals surface area contributed by atoms with E-state index in [4.69, 9.17) is 9.47 Å². The molecule has 3 heterocycles. The van der Waals surface area contributed by atoms with Gasteiger partial charge in [-0.2, -0.15) is 5.10 Å². The number of nitrogens with zero attached hydrogens (tertiary/aromatic N) is 4. The molecule has 24 heavy (non-hydrogen) atoms. The molecule has 2 aromatic heterocycles. The summed E-state index contributed by atoms with van der Waals surface area (Å²) in [5.74, 6) is -0.100. The van der Waals surface area contributed by atoms with Crippen LogP contribution in [0.3, 0.4) is 0 Å². The van der Waals surface area contributed by atoms with Gasteiger partial charge in [-0.3, -0.25) is 14.5 Å². The first-order valence-electron chi connectivity index (χ1n) is 8.00. The average Bonchev–Trinajstić information content (AvgIpc) is 2.99. The van der Waals surface area contributed by atoms with Gasteiger partial charge < -0.3 is 14.4 Å². The molecule has 0 unspecified atom stereocenters. The number of hydrogen-bond donors (Lipinski definition) is 0. The fourth-order valence-corrected chi connectivity index (χ4v) is 2.86. The molecule has 7 nitrogen and oxygen atoms in total. The van der Waals surface area contributed by atoms with Gasteiger partial charge in [0.25, 0.3) is 5.91 Å². The summed E-state index contributed by atoms with van der Waals surface area (Å²) < 4.78 is 12.6. The normalized spacial score (nSPS) is 13.6. The lowest BCUT2D eigenvalue weighted by atomic mass is 10.1. The summed E-state index contributed by atoms with van der Waals surface area (Å²) in [5.41, 5.74) is 3.45. The third-order valence-electron chi connectivity index (χ3n) is 4.10. The molecule has 0 fully saturated rings. The first-order valence-corrected chi connectivity index (χ1v) is 8.00. The number of rotatable bonds is 6. The highest BCUT2D eigenvalue weighted by atomic mass is 16.5. The Labute approximate surface area is 141 Å². The van der Waals surface area contributed by atoms with Gasteiger partial charge in [0.15, 0.2) is 5.69 Å². The third-order valence-corrected chi connectivity index (χ3v) is 4.10. The van der Waals surface area contributed by atoms with Gasteiger partial charge in [0, 0.05) is 50.8 Å². The predicted molar refractivity (Wildman–Crippen MR) is 87.5 cm³/mol. The average molecular weight is 330 g/mol. The Hall–Kier alpha value is -2.25. The van der Waals surface area contributed by atoms with E-state index in [2.05, 4.69) is 10.1 Å². The first kappa shape index (κ1) is 16.6. The summed E-state index contributed by atoms with van der Waals surface area (Å²) >= 11 is 0. The molecule has 0 spiro atoms. The summed E-state index contributed by atoms with van der Waals surface area (Å²) in [7, 11) is 3.44. The molecule has 1 aliphatic heterocycles. The Bertz CT molecular complexity index is 699. The van der Waals surface area contributed by atoms with Crippen LogP contribution >= 0.6 is 0 Å². The van der Waals surface area contributed by atoms with Crippen LogP contribution in [0.15, 0.2) is 24.5 Å². The van der Waals surface area contributed by atoms with Gasteiger partial charge in [-0.15, -0.1) is 0 Å². The number of pyridine rings is 1. The highest BCUT2D eigenvalue weighted by Gasteiger charge is 2.27. The topological polar surface area (TPSA) is 69.5 Å². The van der Waals surface area contributed by atoms with E-state index < -0.39 is 0 Å². The van der Waals surface area contributed by atoms with Crippen molar-refractivity contribution in [2.75, 3.05) is 27.4 Å². The quantitative estimate of drug-likeness (QED) is 0.798. The lowest BCUT2D eigenvalue weighted by molar-refractivity contribution is 0.0764. The third kappa shape index (κ3) is 3.47. The molecule has 0 saturated carbocycles. The Morgan fingerprint density at radius 2 is 2.38 bits per heavy atom. The van der Waals surface area contributed by atoms with Crippen LogP contribution in [-0.2, 0) is 35.6 Å². The van der Waals surface area contributed by atoms with E-state index in [-0.39, 0.29) is 5.91 Å². The first-order chi connectivity index (χ1) is 11.7. The highest BCUT2D eigenvalue weighted by molar-refractivity contribution is 5.93. The second kappa shape index (κ2) is 7.55. The van der Waals surface area contributed by atoms with Gasteiger partial charge in [0.2, 0.25) is 0 Å². The molecule has 2 aromatic rings. The molecule has 0 radical (unpaired) electrons. The van der Waals surface area contributed by atoms with Crippen LogP contribution in [0.2, 0.25) is 0 Å². The second-order valence-corrected chi connectivity index (χ2v) is 5.81. The molecule has 0 atom stereocenters. The molecular weight excluding hydrogens is 308 g/mol. The minimum atomic E-state index is -0.100. The minimum Gasteiger partial charge on any atom is -0.383 e. The SMILES string of the molecule is COCCn1nc(C(=O)N(C)Cc2cccnc2)c2c1CCOC2. The zero-order chi connectivity index (χ0) is 16.9. The number of aromatic nitrogens is 3. The number of hydrogen-bond acceptors (Lipinski definition) is 5. The molecule has 0 aliphatic carbocycles. The van der Waals surface area contributed by atoms with Crippen molar-refractivity contribution in [1.82, 2.24) is 19.7 Å². The molecule has 7 heteroatoms. The number of amides is 1. The van der Waals surface area contributed by atoms with E-state index in [1.807, 2.05) is 16.8 Å². The largest absolute Gasteiger partial charge is 0.383 e. The molecule has 1 aliphatic rings. The lowest BCUT2D eigenvalue weighted by Gasteiger charge is -2.18. The Morgan fingerprint density at radius 1 is 1.50 bits per heavy atom. The monoisotopic (exact) mass is 330 g/mol. The van der Waals surface area contributed by atoms with Crippen molar-refractivity contribution < 1.29 is 14.3 Å². The van der Waals surface area contributed by atoms with Gasteiger partial charge in [0.05, 0.1) is 26.4 Å². The fraction of sp³-hybridized carbons (Fsp3) is 0.471. The van der Waals surface area contributed by atoms with E-state index in [1.165, 1.54) is 0 Å². The van der Waals surface area contributed by atoms with Crippen LogP contribution in [0, 0.1) is 0 Å². The van der Waals surface area contributed by atoms with Crippen LogP contribution in [0.5, 0.6) is 0 Å². The van der Waals surface area contributed by atoms with Crippen LogP contribution < -0.4 is 0 Å². The summed E-state index contributed by atoms with van der Waals surface area (Å²) in [6.45, 7) is 2.79. The van der Waals surface area contributed by atoms with Crippen molar-refractivity contribution in [3.63, 3.8) is 0 Å². The van der Waals surface area contributed by atoms with Crippen molar-refractivity contribution in [1.29, 1.82) is 0 Å². The maximum absolute atomic E-state index is 12.9. The number of carbonyl (C=O) groups is 1. The molecule has 0 N–H and O–H groups in total. The minimum absolute atomic E-state index is 0.100. The Morgan fingerprint density at radius 3 is 3.12 bits per heavy atom. The zero-order valence-electron chi connectivity index (χ0n) is 14.1. The lowest BCUT2D eigenvalue weighted by Crippen LogP contribution is -2.28. The van der Waals surface area contributed by atoms with Gasteiger partial charge >= 0.3 is 0 Å².